The highest BCUT2D eigenvalue weighted by atomic mass is 79.9. The maximum atomic E-state index is 12.6. The van der Waals surface area contributed by atoms with Crippen molar-refractivity contribution in [3.8, 4) is 5.75 Å². The highest BCUT2D eigenvalue weighted by Crippen LogP contribution is 2.46. The first-order chi connectivity index (χ1) is 8.43. The lowest BCUT2D eigenvalue weighted by Crippen LogP contribution is -2.21. The van der Waals surface area contributed by atoms with E-state index in [1.807, 2.05) is 0 Å². The number of nitro groups is 1. The Morgan fingerprint density at radius 3 is 2.16 bits per heavy atom. The number of alkyl halides is 6. The smallest absolute Gasteiger partial charge is 0.402 e. The van der Waals surface area contributed by atoms with Gasteiger partial charge in [0.1, 0.15) is 10.8 Å². The molecule has 5 nitrogen and oxygen atoms in total. The Balaban J connectivity index is 3.59. The molecular formula is C7HBrF6N2O3. The fourth-order valence-corrected chi connectivity index (χ4v) is 1.46. The molecule has 1 rings (SSSR count). The van der Waals surface area contributed by atoms with Gasteiger partial charge in [-0.2, -0.15) is 13.2 Å². The Hall–Kier alpha value is -1.59. The minimum Gasteiger partial charge on any atom is -0.402 e. The van der Waals surface area contributed by atoms with Gasteiger partial charge in [0.05, 0.1) is 4.92 Å². The third-order valence-corrected chi connectivity index (χ3v) is 2.23. The number of rotatable bonds is 2. The average molecular weight is 355 g/mol. The molecule has 0 spiro atoms. The van der Waals surface area contributed by atoms with E-state index in [0.29, 0.717) is 0 Å². The zero-order valence-corrected chi connectivity index (χ0v) is 9.93. The number of nitrogens with zero attached hydrogens (tertiary/aromatic N) is 2. The van der Waals surface area contributed by atoms with Gasteiger partial charge in [0.2, 0.25) is 0 Å². The third-order valence-electron chi connectivity index (χ3n) is 1.67. The first kappa shape index (κ1) is 15.5. The number of halogens is 7. The maximum absolute atomic E-state index is 12.6. The van der Waals surface area contributed by atoms with E-state index < -0.39 is 39.1 Å². The van der Waals surface area contributed by atoms with Crippen molar-refractivity contribution in [2.75, 3.05) is 0 Å². The minimum atomic E-state index is -5.46. The molecule has 0 saturated carbocycles. The van der Waals surface area contributed by atoms with Gasteiger partial charge in [0.25, 0.3) is 0 Å². The van der Waals surface area contributed by atoms with Gasteiger partial charge in [-0.05, 0) is 15.9 Å². The van der Waals surface area contributed by atoms with Crippen molar-refractivity contribution >= 4 is 21.6 Å². The van der Waals surface area contributed by atoms with Crippen LogP contribution in [0.25, 0.3) is 0 Å². The average Bonchev–Trinajstić information content (AvgIpc) is 2.16. The van der Waals surface area contributed by atoms with Crippen molar-refractivity contribution in [1.29, 1.82) is 0 Å². The molecule has 0 aromatic carbocycles. The molecule has 0 aliphatic rings. The SMILES string of the molecule is O=[N+]([O-])c1cnc(Br)c(OC(F)(F)F)c1C(F)(F)F. The third kappa shape index (κ3) is 3.68. The molecular weight excluding hydrogens is 354 g/mol. The molecule has 0 fully saturated rings. The van der Waals surface area contributed by atoms with Crippen LogP contribution in [0.5, 0.6) is 5.75 Å². The molecule has 0 saturated heterocycles. The molecule has 1 aromatic rings. The van der Waals surface area contributed by atoms with Gasteiger partial charge in [0.15, 0.2) is 11.3 Å². The van der Waals surface area contributed by atoms with Gasteiger partial charge in [-0.15, -0.1) is 13.2 Å². The quantitative estimate of drug-likeness (QED) is 0.352. The summed E-state index contributed by atoms with van der Waals surface area (Å²) in [6.45, 7) is 0. The summed E-state index contributed by atoms with van der Waals surface area (Å²) in [6.07, 6.45) is -10.7. The summed E-state index contributed by atoms with van der Waals surface area (Å²) >= 11 is 2.32. The maximum Gasteiger partial charge on any atom is 0.573 e. The molecule has 1 aromatic heterocycles. The van der Waals surface area contributed by atoms with E-state index in [-0.39, 0.29) is 6.20 Å². The largest absolute Gasteiger partial charge is 0.573 e. The normalized spacial score (nSPS) is 12.4. The fraction of sp³-hybridized carbons (Fsp3) is 0.286. The molecule has 106 valence electrons. The van der Waals surface area contributed by atoms with Gasteiger partial charge < -0.3 is 4.74 Å². The lowest BCUT2D eigenvalue weighted by atomic mass is 10.2. The fourth-order valence-electron chi connectivity index (χ4n) is 1.08. The van der Waals surface area contributed by atoms with E-state index in [4.69, 9.17) is 0 Å². The van der Waals surface area contributed by atoms with Crippen molar-refractivity contribution in [3.05, 3.63) is 26.5 Å². The molecule has 0 aliphatic carbocycles. The van der Waals surface area contributed by atoms with Crippen LogP contribution >= 0.6 is 15.9 Å². The van der Waals surface area contributed by atoms with Crippen LogP contribution in [0.15, 0.2) is 10.8 Å². The van der Waals surface area contributed by atoms with Crippen LogP contribution in [0.2, 0.25) is 0 Å². The Morgan fingerprint density at radius 2 is 1.79 bits per heavy atom. The molecule has 0 atom stereocenters. The van der Waals surface area contributed by atoms with Crippen LogP contribution in [-0.2, 0) is 6.18 Å². The lowest BCUT2D eigenvalue weighted by molar-refractivity contribution is -0.388. The summed E-state index contributed by atoms with van der Waals surface area (Å²) in [5.74, 6) is -1.81. The number of ether oxygens (including phenoxy) is 1. The van der Waals surface area contributed by atoms with E-state index in [9.17, 15) is 36.5 Å². The Kier molecular flexibility index (Phi) is 3.93. The second-order valence-electron chi connectivity index (χ2n) is 2.94. The van der Waals surface area contributed by atoms with E-state index >= 15 is 0 Å². The van der Waals surface area contributed by atoms with Gasteiger partial charge in [-0.3, -0.25) is 10.1 Å². The van der Waals surface area contributed by atoms with Crippen molar-refractivity contribution < 1.29 is 36.0 Å². The zero-order chi connectivity index (χ0) is 15.0. The molecule has 0 N–H and O–H groups in total. The predicted octanol–water partition coefficient (Wildman–Crippen LogP) is 3.67. The lowest BCUT2D eigenvalue weighted by Gasteiger charge is -2.15. The second kappa shape index (κ2) is 4.83. The van der Waals surface area contributed by atoms with Crippen molar-refractivity contribution in [2.45, 2.75) is 12.5 Å². The number of aromatic nitrogens is 1. The van der Waals surface area contributed by atoms with Crippen LogP contribution < -0.4 is 4.74 Å². The minimum absolute atomic E-state index is 0.177. The molecule has 12 heteroatoms. The summed E-state index contributed by atoms with van der Waals surface area (Å²) in [7, 11) is 0. The van der Waals surface area contributed by atoms with Crippen molar-refractivity contribution in [1.82, 2.24) is 4.98 Å². The standard InChI is InChI=1S/C7HBrF6N2O3/c8-5-4(19-7(12,13)14)3(6(9,10)11)2(1-15-5)16(17)18/h1H. The topological polar surface area (TPSA) is 65.3 Å². The van der Waals surface area contributed by atoms with E-state index in [1.165, 1.54) is 0 Å². The Bertz CT molecular complexity index is 515. The van der Waals surface area contributed by atoms with Gasteiger partial charge in [0, 0.05) is 0 Å². The van der Waals surface area contributed by atoms with Crippen LogP contribution in [-0.4, -0.2) is 16.3 Å². The van der Waals surface area contributed by atoms with Gasteiger partial charge >= 0.3 is 18.2 Å². The molecule has 0 bridgehead atoms. The number of pyridine rings is 1. The molecule has 0 amide bonds. The Labute approximate surface area is 108 Å². The molecule has 1 heterocycles. The molecule has 0 aliphatic heterocycles. The second-order valence-corrected chi connectivity index (χ2v) is 3.69. The summed E-state index contributed by atoms with van der Waals surface area (Å²) in [5.41, 5.74) is -3.81. The van der Waals surface area contributed by atoms with Crippen LogP contribution in [0, 0.1) is 10.1 Å². The first-order valence-electron chi connectivity index (χ1n) is 4.09. The molecule has 0 radical (unpaired) electrons. The van der Waals surface area contributed by atoms with E-state index in [2.05, 4.69) is 25.7 Å². The zero-order valence-electron chi connectivity index (χ0n) is 8.34. The van der Waals surface area contributed by atoms with E-state index in [0.717, 1.165) is 0 Å². The summed E-state index contributed by atoms with van der Waals surface area (Å²) in [6, 6.07) is 0. The van der Waals surface area contributed by atoms with Crippen molar-refractivity contribution in [3.63, 3.8) is 0 Å². The van der Waals surface area contributed by atoms with Gasteiger partial charge in [-0.1, -0.05) is 0 Å². The molecule has 0 unspecified atom stereocenters. The Morgan fingerprint density at radius 1 is 1.26 bits per heavy atom. The molecule has 19 heavy (non-hydrogen) atoms. The highest BCUT2D eigenvalue weighted by molar-refractivity contribution is 9.10. The van der Waals surface area contributed by atoms with E-state index in [1.54, 1.807) is 0 Å². The van der Waals surface area contributed by atoms with Crippen molar-refractivity contribution in [2.24, 2.45) is 0 Å². The number of hydrogen-bond acceptors (Lipinski definition) is 4. The predicted molar refractivity (Wildman–Crippen MR) is 50.3 cm³/mol. The highest BCUT2D eigenvalue weighted by Gasteiger charge is 2.46. The van der Waals surface area contributed by atoms with Crippen LogP contribution in [0.4, 0.5) is 32.0 Å². The summed E-state index contributed by atoms with van der Waals surface area (Å²) in [4.78, 5) is 11.9. The number of hydrogen-bond donors (Lipinski definition) is 0. The summed E-state index contributed by atoms with van der Waals surface area (Å²) in [5, 5.41) is 10.4. The van der Waals surface area contributed by atoms with Gasteiger partial charge in [-0.25, -0.2) is 4.98 Å². The summed E-state index contributed by atoms with van der Waals surface area (Å²) < 4.78 is 76.1. The van der Waals surface area contributed by atoms with Crippen LogP contribution in [0.1, 0.15) is 5.56 Å². The monoisotopic (exact) mass is 354 g/mol. The first-order valence-corrected chi connectivity index (χ1v) is 4.88. The van der Waals surface area contributed by atoms with Crippen LogP contribution in [0.3, 0.4) is 0 Å².